The molecule has 0 aliphatic carbocycles. The minimum Gasteiger partial charge on any atom is -0.488 e. The number of ether oxygens (including phenoxy) is 1. The maximum Gasteiger partial charge on any atom is 0.255 e. The third kappa shape index (κ3) is 1.96. The van der Waals surface area contributed by atoms with Crippen molar-refractivity contribution in [3.63, 3.8) is 0 Å². The zero-order valence-corrected chi connectivity index (χ0v) is 12.2. The average molecular weight is 292 g/mol. The van der Waals surface area contributed by atoms with Gasteiger partial charge in [-0.3, -0.25) is 4.79 Å². The molecule has 2 heterocycles. The Kier molecular flexibility index (Phi) is 2.89. The van der Waals surface area contributed by atoms with E-state index in [1.54, 1.807) is 0 Å². The van der Waals surface area contributed by atoms with Crippen LogP contribution in [0.3, 0.4) is 0 Å². The molecular weight excluding hydrogens is 276 g/mol. The van der Waals surface area contributed by atoms with Crippen LogP contribution in [0.2, 0.25) is 0 Å². The van der Waals surface area contributed by atoms with Crippen LogP contribution < -0.4 is 15.0 Å². The summed E-state index contributed by atoms with van der Waals surface area (Å²) in [5.74, 6) is 0.842. The van der Waals surface area contributed by atoms with Crippen LogP contribution in [0.4, 0.5) is 5.69 Å². The standard InChI is InChI=1S/C18H16N2O2/c1-20-15-8-4-3-7-14(15)18(21)19-17(20)13-10-12-6-2-5-9-16(12)22-11-13/h2-10,17H,11H2,1H3,(H,19,21). The quantitative estimate of drug-likeness (QED) is 0.878. The van der Waals surface area contributed by atoms with Gasteiger partial charge in [-0.2, -0.15) is 0 Å². The summed E-state index contributed by atoms with van der Waals surface area (Å²) in [5.41, 5.74) is 3.74. The highest BCUT2D eigenvalue weighted by Crippen LogP contribution is 2.31. The number of hydrogen-bond acceptors (Lipinski definition) is 3. The lowest BCUT2D eigenvalue weighted by atomic mass is 10.0. The van der Waals surface area contributed by atoms with Crippen LogP contribution in [0.15, 0.2) is 54.1 Å². The molecule has 2 aliphatic rings. The minimum atomic E-state index is -0.184. The molecule has 4 heteroatoms. The molecular formula is C18H16N2O2. The third-order valence-corrected chi connectivity index (χ3v) is 4.19. The van der Waals surface area contributed by atoms with E-state index >= 15 is 0 Å². The van der Waals surface area contributed by atoms with Gasteiger partial charge in [0, 0.05) is 18.2 Å². The highest BCUT2D eigenvalue weighted by Gasteiger charge is 2.31. The maximum atomic E-state index is 12.3. The summed E-state index contributed by atoms with van der Waals surface area (Å²) in [6, 6.07) is 15.6. The Morgan fingerprint density at radius 3 is 2.82 bits per heavy atom. The first kappa shape index (κ1) is 13.0. The van der Waals surface area contributed by atoms with Gasteiger partial charge in [0.1, 0.15) is 18.5 Å². The molecule has 1 N–H and O–H groups in total. The van der Waals surface area contributed by atoms with Gasteiger partial charge < -0.3 is 15.0 Å². The normalized spacial score (nSPS) is 19.5. The van der Waals surface area contributed by atoms with Crippen LogP contribution in [0.5, 0.6) is 5.75 Å². The molecule has 0 aromatic heterocycles. The Morgan fingerprint density at radius 1 is 1.14 bits per heavy atom. The average Bonchev–Trinajstić information content (AvgIpc) is 2.58. The Hall–Kier alpha value is -2.75. The molecule has 0 spiro atoms. The fourth-order valence-electron chi connectivity index (χ4n) is 3.04. The molecule has 0 fully saturated rings. The molecule has 0 saturated carbocycles. The van der Waals surface area contributed by atoms with E-state index in [1.807, 2.05) is 55.6 Å². The van der Waals surface area contributed by atoms with Crippen molar-refractivity contribution in [2.45, 2.75) is 6.17 Å². The monoisotopic (exact) mass is 292 g/mol. The molecule has 0 bridgehead atoms. The number of likely N-dealkylation sites (N-methyl/N-ethyl adjacent to an activating group) is 1. The second-order valence-electron chi connectivity index (χ2n) is 5.55. The fraction of sp³-hybridized carbons (Fsp3) is 0.167. The second-order valence-corrected chi connectivity index (χ2v) is 5.55. The Bertz CT molecular complexity index is 782. The SMILES string of the molecule is CN1c2ccccc2C(=O)NC1C1=Cc2ccccc2OC1. The molecule has 1 unspecified atom stereocenters. The number of nitrogens with zero attached hydrogens (tertiary/aromatic N) is 1. The van der Waals surface area contributed by atoms with E-state index in [9.17, 15) is 4.79 Å². The lowest BCUT2D eigenvalue weighted by Gasteiger charge is -2.38. The molecule has 2 aliphatic heterocycles. The largest absolute Gasteiger partial charge is 0.488 e. The van der Waals surface area contributed by atoms with Gasteiger partial charge in [-0.1, -0.05) is 30.3 Å². The van der Waals surface area contributed by atoms with Crippen molar-refractivity contribution in [2.75, 3.05) is 18.6 Å². The van der Waals surface area contributed by atoms with Gasteiger partial charge in [-0.05, 0) is 24.3 Å². The summed E-state index contributed by atoms with van der Waals surface area (Å²) in [6.45, 7) is 0.481. The van der Waals surface area contributed by atoms with Crippen molar-refractivity contribution >= 4 is 17.7 Å². The van der Waals surface area contributed by atoms with Crippen molar-refractivity contribution in [1.82, 2.24) is 5.32 Å². The van der Waals surface area contributed by atoms with Crippen molar-refractivity contribution < 1.29 is 9.53 Å². The highest BCUT2D eigenvalue weighted by atomic mass is 16.5. The summed E-state index contributed by atoms with van der Waals surface area (Å²) < 4.78 is 5.81. The third-order valence-electron chi connectivity index (χ3n) is 4.19. The first-order chi connectivity index (χ1) is 10.7. The number of anilines is 1. The van der Waals surface area contributed by atoms with E-state index in [-0.39, 0.29) is 12.1 Å². The smallest absolute Gasteiger partial charge is 0.255 e. The van der Waals surface area contributed by atoms with Crippen LogP contribution >= 0.6 is 0 Å². The number of rotatable bonds is 1. The van der Waals surface area contributed by atoms with Crippen LogP contribution in [0.25, 0.3) is 6.08 Å². The van der Waals surface area contributed by atoms with E-state index in [4.69, 9.17) is 4.74 Å². The lowest BCUT2D eigenvalue weighted by molar-refractivity contribution is 0.0933. The number of benzene rings is 2. The number of carbonyl (C=O) groups is 1. The predicted molar refractivity (Wildman–Crippen MR) is 86.0 cm³/mol. The second kappa shape index (κ2) is 4.91. The van der Waals surface area contributed by atoms with Crippen LogP contribution in [0.1, 0.15) is 15.9 Å². The first-order valence-electron chi connectivity index (χ1n) is 7.29. The van der Waals surface area contributed by atoms with Gasteiger partial charge in [0.15, 0.2) is 0 Å². The number of fused-ring (bicyclic) bond motifs is 2. The van der Waals surface area contributed by atoms with Crippen molar-refractivity contribution in [1.29, 1.82) is 0 Å². The van der Waals surface area contributed by atoms with Gasteiger partial charge in [0.25, 0.3) is 5.91 Å². The number of amides is 1. The van der Waals surface area contributed by atoms with E-state index in [0.29, 0.717) is 12.2 Å². The van der Waals surface area contributed by atoms with Crippen LogP contribution in [-0.4, -0.2) is 25.7 Å². The van der Waals surface area contributed by atoms with Crippen LogP contribution in [-0.2, 0) is 0 Å². The van der Waals surface area contributed by atoms with Crippen molar-refractivity contribution in [2.24, 2.45) is 0 Å². The Labute approximate surface area is 129 Å². The molecule has 4 rings (SSSR count). The van der Waals surface area contributed by atoms with Gasteiger partial charge in [0.05, 0.1) is 11.3 Å². The minimum absolute atomic E-state index is 0.0431. The Balaban J connectivity index is 1.73. The first-order valence-corrected chi connectivity index (χ1v) is 7.29. The Morgan fingerprint density at radius 2 is 1.91 bits per heavy atom. The molecule has 1 amide bonds. The van der Waals surface area contributed by atoms with Gasteiger partial charge in [0.2, 0.25) is 0 Å². The maximum absolute atomic E-state index is 12.3. The molecule has 4 nitrogen and oxygen atoms in total. The number of carbonyl (C=O) groups excluding carboxylic acids is 1. The molecule has 1 atom stereocenters. The molecule has 110 valence electrons. The number of hydrogen-bond donors (Lipinski definition) is 1. The van der Waals surface area contributed by atoms with Crippen molar-refractivity contribution in [3.8, 4) is 5.75 Å². The highest BCUT2D eigenvalue weighted by molar-refractivity contribution is 6.02. The molecule has 0 saturated heterocycles. The molecule has 2 aromatic rings. The van der Waals surface area contributed by atoms with E-state index in [1.165, 1.54) is 0 Å². The van der Waals surface area contributed by atoms with Gasteiger partial charge in [-0.15, -0.1) is 0 Å². The fourth-order valence-corrected chi connectivity index (χ4v) is 3.04. The van der Waals surface area contributed by atoms with Gasteiger partial charge in [-0.25, -0.2) is 0 Å². The van der Waals surface area contributed by atoms with Gasteiger partial charge >= 0.3 is 0 Å². The predicted octanol–water partition coefficient (Wildman–Crippen LogP) is 2.67. The van der Waals surface area contributed by atoms with Crippen LogP contribution in [0, 0.1) is 0 Å². The van der Waals surface area contributed by atoms with E-state index in [0.717, 1.165) is 22.6 Å². The number of nitrogens with one attached hydrogen (secondary N) is 1. The lowest BCUT2D eigenvalue weighted by Crippen LogP contribution is -2.53. The topological polar surface area (TPSA) is 41.6 Å². The van der Waals surface area contributed by atoms with Crippen molar-refractivity contribution in [3.05, 3.63) is 65.2 Å². The zero-order valence-electron chi connectivity index (χ0n) is 12.2. The summed E-state index contributed by atoms with van der Waals surface area (Å²) in [7, 11) is 1.99. The zero-order chi connectivity index (χ0) is 15.1. The summed E-state index contributed by atoms with van der Waals surface area (Å²) >= 11 is 0. The molecule has 2 aromatic carbocycles. The number of para-hydroxylation sites is 2. The summed E-state index contributed by atoms with van der Waals surface area (Å²) in [6.07, 6.45) is 1.92. The molecule has 22 heavy (non-hydrogen) atoms. The van der Waals surface area contributed by atoms with E-state index in [2.05, 4.69) is 16.3 Å². The summed E-state index contributed by atoms with van der Waals surface area (Å²) in [4.78, 5) is 14.4. The van der Waals surface area contributed by atoms with E-state index < -0.39 is 0 Å². The molecule has 0 radical (unpaired) electrons. The summed E-state index contributed by atoms with van der Waals surface area (Å²) in [5, 5.41) is 3.06.